The minimum atomic E-state index is 0.367. The number of hydrogen-bond acceptors (Lipinski definition) is 1. The zero-order valence-corrected chi connectivity index (χ0v) is 10.3. The molecular formula is C16H18O. The maximum absolute atomic E-state index is 11.2. The van der Waals surface area contributed by atoms with Crippen LogP contribution in [0, 0.1) is 0 Å². The topological polar surface area (TPSA) is 17.1 Å². The SMILES string of the molecule is CCC(=O)CCCc1ccc(C2=CC=C2)cc1. The van der Waals surface area contributed by atoms with Gasteiger partial charge in [0.1, 0.15) is 5.78 Å². The Hall–Kier alpha value is -1.63. The van der Waals surface area contributed by atoms with Gasteiger partial charge in [-0.25, -0.2) is 0 Å². The molecular weight excluding hydrogens is 208 g/mol. The molecule has 1 heteroatoms. The molecule has 0 aromatic heterocycles. The van der Waals surface area contributed by atoms with Crippen LogP contribution in [0.4, 0.5) is 0 Å². The molecule has 1 aromatic carbocycles. The molecule has 0 aliphatic heterocycles. The van der Waals surface area contributed by atoms with Gasteiger partial charge >= 0.3 is 0 Å². The highest BCUT2D eigenvalue weighted by molar-refractivity contribution is 5.81. The molecule has 0 amide bonds. The predicted molar refractivity (Wildman–Crippen MR) is 71.8 cm³/mol. The van der Waals surface area contributed by atoms with Crippen molar-refractivity contribution in [1.82, 2.24) is 0 Å². The number of hydrogen-bond donors (Lipinski definition) is 0. The van der Waals surface area contributed by atoms with Crippen LogP contribution in [0.2, 0.25) is 0 Å². The van der Waals surface area contributed by atoms with Crippen molar-refractivity contribution in [1.29, 1.82) is 0 Å². The molecule has 0 saturated carbocycles. The summed E-state index contributed by atoms with van der Waals surface area (Å²) in [7, 11) is 0. The van der Waals surface area contributed by atoms with Gasteiger partial charge in [-0.15, -0.1) is 0 Å². The quantitative estimate of drug-likeness (QED) is 0.718. The molecule has 0 atom stereocenters. The van der Waals surface area contributed by atoms with E-state index in [0.29, 0.717) is 18.6 Å². The van der Waals surface area contributed by atoms with Crippen molar-refractivity contribution >= 4 is 11.4 Å². The van der Waals surface area contributed by atoms with Crippen LogP contribution in [0.25, 0.3) is 5.57 Å². The van der Waals surface area contributed by atoms with Crippen LogP contribution in [0.3, 0.4) is 0 Å². The van der Waals surface area contributed by atoms with E-state index >= 15 is 0 Å². The van der Waals surface area contributed by atoms with Crippen molar-refractivity contribution in [2.45, 2.75) is 32.6 Å². The molecule has 0 saturated heterocycles. The molecule has 0 bridgehead atoms. The van der Waals surface area contributed by atoms with Gasteiger partial charge in [0.2, 0.25) is 0 Å². The molecule has 0 radical (unpaired) electrons. The molecule has 1 aliphatic rings. The molecule has 0 spiro atoms. The summed E-state index contributed by atoms with van der Waals surface area (Å²) >= 11 is 0. The highest BCUT2D eigenvalue weighted by Crippen LogP contribution is 2.22. The zero-order valence-electron chi connectivity index (χ0n) is 10.3. The van der Waals surface area contributed by atoms with E-state index in [1.54, 1.807) is 0 Å². The molecule has 0 heterocycles. The maximum atomic E-state index is 11.2. The fourth-order valence-corrected chi connectivity index (χ4v) is 1.92. The van der Waals surface area contributed by atoms with Crippen LogP contribution in [0.1, 0.15) is 37.3 Å². The van der Waals surface area contributed by atoms with Gasteiger partial charge in [-0.2, -0.15) is 0 Å². The fourth-order valence-electron chi connectivity index (χ4n) is 1.92. The fraction of sp³-hybridized carbons (Fsp3) is 0.312. The Morgan fingerprint density at radius 3 is 2.41 bits per heavy atom. The average molecular weight is 226 g/mol. The lowest BCUT2D eigenvalue weighted by molar-refractivity contribution is -0.118. The Morgan fingerprint density at radius 1 is 1.18 bits per heavy atom. The Labute approximate surface area is 103 Å². The lowest BCUT2D eigenvalue weighted by Gasteiger charge is -2.08. The number of Topliss-reactive ketones (excluding diaryl/α,β-unsaturated/α-hetero) is 1. The van der Waals surface area contributed by atoms with E-state index in [9.17, 15) is 4.79 Å². The van der Waals surface area contributed by atoms with Crippen LogP contribution in [0.15, 0.2) is 42.5 Å². The van der Waals surface area contributed by atoms with Crippen molar-refractivity contribution in [2.75, 3.05) is 0 Å². The second kappa shape index (κ2) is 5.62. The monoisotopic (exact) mass is 226 g/mol. The van der Waals surface area contributed by atoms with E-state index in [2.05, 4.69) is 42.5 Å². The van der Waals surface area contributed by atoms with Gasteiger partial charge in [0.15, 0.2) is 0 Å². The third-order valence-electron chi connectivity index (χ3n) is 3.15. The normalized spacial score (nSPS) is 13.1. The average Bonchev–Trinajstić information content (AvgIpc) is 2.29. The van der Waals surface area contributed by atoms with Gasteiger partial charge in [0.05, 0.1) is 0 Å². The van der Waals surface area contributed by atoms with E-state index in [1.165, 1.54) is 16.7 Å². The van der Waals surface area contributed by atoms with Gasteiger partial charge in [0.25, 0.3) is 0 Å². The lowest BCUT2D eigenvalue weighted by Crippen LogP contribution is -1.96. The van der Waals surface area contributed by atoms with E-state index in [0.717, 1.165) is 12.8 Å². The van der Waals surface area contributed by atoms with Gasteiger partial charge in [-0.05, 0) is 29.5 Å². The second-order valence-corrected chi connectivity index (χ2v) is 4.42. The van der Waals surface area contributed by atoms with Crippen molar-refractivity contribution in [2.24, 2.45) is 0 Å². The summed E-state index contributed by atoms with van der Waals surface area (Å²) in [6, 6.07) is 8.65. The van der Waals surface area contributed by atoms with E-state index in [-0.39, 0.29) is 0 Å². The highest BCUT2D eigenvalue weighted by Gasteiger charge is 2.03. The summed E-state index contributed by atoms with van der Waals surface area (Å²) in [6.07, 6.45) is 9.64. The molecule has 0 fully saturated rings. The summed E-state index contributed by atoms with van der Waals surface area (Å²) in [5, 5.41) is 0. The smallest absolute Gasteiger partial charge is 0.132 e. The van der Waals surface area contributed by atoms with E-state index in [1.807, 2.05) is 6.92 Å². The predicted octanol–water partition coefficient (Wildman–Crippen LogP) is 3.94. The van der Waals surface area contributed by atoms with Crippen LogP contribution >= 0.6 is 0 Å². The Morgan fingerprint density at radius 2 is 1.88 bits per heavy atom. The summed E-state index contributed by atoms with van der Waals surface area (Å²) < 4.78 is 0. The van der Waals surface area contributed by atoms with Crippen LogP contribution in [-0.4, -0.2) is 5.78 Å². The molecule has 1 aliphatic carbocycles. The number of allylic oxidation sites excluding steroid dienone is 4. The van der Waals surface area contributed by atoms with Crippen LogP contribution in [0.5, 0.6) is 0 Å². The van der Waals surface area contributed by atoms with Gasteiger partial charge in [-0.1, -0.05) is 49.4 Å². The van der Waals surface area contributed by atoms with Crippen molar-refractivity contribution in [3.05, 3.63) is 53.6 Å². The van der Waals surface area contributed by atoms with Crippen LogP contribution < -0.4 is 0 Å². The number of ketones is 1. The first-order valence-corrected chi connectivity index (χ1v) is 6.29. The summed E-state index contributed by atoms with van der Waals surface area (Å²) in [5.41, 5.74) is 3.90. The standard InChI is InChI=1S/C16H18O/c1-2-16(17)8-3-5-13-9-11-15(12-10-13)14-6-4-7-14/h4,6-7,9-12H,2-3,5,8H2,1H3. The molecule has 2 rings (SSSR count). The van der Waals surface area contributed by atoms with Gasteiger partial charge < -0.3 is 0 Å². The number of carbonyl (C=O) groups excluding carboxylic acids is 1. The largest absolute Gasteiger partial charge is 0.300 e. The first-order valence-electron chi connectivity index (χ1n) is 6.29. The van der Waals surface area contributed by atoms with Crippen molar-refractivity contribution in [3.63, 3.8) is 0 Å². The van der Waals surface area contributed by atoms with E-state index < -0.39 is 0 Å². The number of carbonyl (C=O) groups is 1. The van der Waals surface area contributed by atoms with Crippen molar-refractivity contribution in [3.8, 4) is 0 Å². The summed E-state index contributed by atoms with van der Waals surface area (Å²) in [5.74, 6) is 0.367. The van der Waals surface area contributed by atoms with Gasteiger partial charge in [-0.3, -0.25) is 4.79 Å². The maximum Gasteiger partial charge on any atom is 0.132 e. The number of rotatable bonds is 6. The first kappa shape index (κ1) is 11.8. The molecule has 88 valence electrons. The highest BCUT2D eigenvalue weighted by atomic mass is 16.1. The molecule has 0 unspecified atom stereocenters. The van der Waals surface area contributed by atoms with Crippen LogP contribution in [-0.2, 0) is 11.2 Å². The van der Waals surface area contributed by atoms with Crippen molar-refractivity contribution < 1.29 is 4.79 Å². The summed E-state index contributed by atoms with van der Waals surface area (Å²) in [4.78, 5) is 11.2. The lowest BCUT2D eigenvalue weighted by atomic mass is 9.97. The molecule has 1 aromatic rings. The Kier molecular flexibility index (Phi) is 3.92. The third kappa shape index (κ3) is 3.16. The number of benzene rings is 1. The van der Waals surface area contributed by atoms with E-state index in [4.69, 9.17) is 0 Å². The first-order chi connectivity index (χ1) is 8.29. The molecule has 1 nitrogen and oxygen atoms in total. The summed E-state index contributed by atoms with van der Waals surface area (Å²) in [6.45, 7) is 1.93. The minimum Gasteiger partial charge on any atom is -0.300 e. The Bertz CT molecular complexity index is 449. The Balaban J connectivity index is 1.83. The zero-order chi connectivity index (χ0) is 12.1. The second-order valence-electron chi connectivity index (χ2n) is 4.42. The minimum absolute atomic E-state index is 0.367. The third-order valence-corrected chi connectivity index (χ3v) is 3.15. The molecule has 17 heavy (non-hydrogen) atoms. The van der Waals surface area contributed by atoms with Gasteiger partial charge in [0, 0.05) is 12.8 Å². The molecule has 0 N–H and O–H groups in total. The number of aryl methyl sites for hydroxylation is 1.